The second-order valence-corrected chi connectivity index (χ2v) is 6.90. The van der Waals surface area contributed by atoms with Crippen molar-refractivity contribution >= 4 is 23.2 Å². The lowest BCUT2D eigenvalue weighted by molar-refractivity contribution is -0.129. The molecule has 0 unspecified atom stereocenters. The first-order valence-corrected chi connectivity index (χ1v) is 8.18. The van der Waals surface area contributed by atoms with E-state index in [2.05, 4.69) is 29.4 Å². The van der Waals surface area contributed by atoms with E-state index in [4.69, 9.17) is 0 Å². The Hall–Kier alpha value is -1.50. The Kier molecular flexibility index (Phi) is 5.27. The van der Waals surface area contributed by atoms with Gasteiger partial charge in [-0.25, -0.2) is 0 Å². The summed E-state index contributed by atoms with van der Waals surface area (Å²) in [5.74, 6) is 0.190. The fraction of sp³-hybridized carbons (Fsp3) is 0.714. The third-order valence-electron chi connectivity index (χ3n) is 3.40. The molecule has 0 spiro atoms. The van der Waals surface area contributed by atoms with E-state index < -0.39 is 0 Å². The number of aromatic nitrogens is 2. The highest BCUT2D eigenvalue weighted by atomic mass is 32.1. The molecule has 1 aliphatic heterocycles. The fourth-order valence-electron chi connectivity index (χ4n) is 2.37. The smallest absolute Gasteiger partial charge is 0.225 e. The monoisotopic (exact) mass is 310 g/mol. The summed E-state index contributed by atoms with van der Waals surface area (Å²) in [6.07, 6.45) is 1.17. The number of nitrogens with one attached hydrogen (secondary N) is 1. The summed E-state index contributed by atoms with van der Waals surface area (Å²) < 4.78 is 0. The molecule has 1 fully saturated rings. The van der Waals surface area contributed by atoms with E-state index in [1.807, 2.05) is 6.92 Å². The van der Waals surface area contributed by atoms with Gasteiger partial charge in [-0.15, -0.1) is 10.2 Å². The van der Waals surface area contributed by atoms with Crippen LogP contribution in [0.2, 0.25) is 0 Å². The van der Waals surface area contributed by atoms with Crippen LogP contribution in [0.4, 0.5) is 0 Å². The molecule has 0 bridgehead atoms. The average Bonchev–Trinajstić information content (AvgIpc) is 3.03. The summed E-state index contributed by atoms with van der Waals surface area (Å²) in [5, 5.41) is 12.7. The molecular weight excluding hydrogens is 288 g/mol. The highest BCUT2D eigenvalue weighted by Crippen LogP contribution is 2.19. The SMILES string of the molecule is CCc1nnc(CNC(=O)[C@H]2CC(=O)N(CC(C)C)C2)s1. The van der Waals surface area contributed by atoms with Crippen LogP contribution in [0.3, 0.4) is 0 Å². The minimum absolute atomic E-state index is 0.0668. The second kappa shape index (κ2) is 6.98. The van der Waals surface area contributed by atoms with Gasteiger partial charge in [-0.05, 0) is 12.3 Å². The van der Waals surface area contributed by atoms with Gasteiger partial charge in [0.15, 0.2) is 0 Å². The van der Waals surface area contributed by atoms with E-state index in [1.54, 1.807) is 4.90 Å². The number of hydrogen-bond acceptors (Lipinski definition) is 5. The van der Waals surface area contributed by atoms with Crippen molar-refractivity contribution in [2.45, 2.75) is 40.2 Å². The van der Waals surface area contributed by atoms with Crippen molar-refractivity contribution in [3.8, 4) is 0 Å². The lowest BCUT2D eigenvalue weighted by atomic mass is 10.1. The minimum atomic E-state index is -0.241. The van der Waals surface area contributed by atoms with Crippen molar-refractivity contribution in [1.29, 1.82) is 0 Å². The van der Waals surface area contributed by atoms with Crippen molar-refractivity contribution in [3.05, 3.63) is 10.0 Å². The number of hydrogen-bond donors (Lipinski definition) is 1. The van der Waals surface area contributed by atoms with Gasteiger partial charge in [-0.3, -0.25) is 9.59 Å². The van der Waals surface area contributed by atoms with Gasteiger partial charge in [-0.1, -0.05) is 32.1 Å². The number of aryl methyl sites for hydroxylation is 1. The summed E-state index contributed by atoms with van der Waals surface area (Å²) in [6.45, 7) is 7.81. The Morgan fingerprint density at radius 3 is 2.76 bits per heavy atom. The number of likely N-dealkylation sites (tertiary alicyclic amines) is 1. The van der Waals surface area contributed by atoms with Crippen LogP contribution in [-0.4, -0.2) is 40.0 Å². The summed E-state index contributed by atoms with van der Waals surface area (Å²) in [7, 11) is 0. The molecular formula is C14H22N4O2S. The highest BCUT2D eigenvalue weighted by molar-refractivity contribution is 7.11. The molecule has 116 valence electrons. The first-order valence-electron chi connectivity index (χ1n) is 7.36. The molecule has 1 aromatic heterocycles. The first kappa shape index (κ1) is 15.9. The maximum absolute atomic E-state index is 12.1. The van der Waals surface area contributed by atoms with Gasteiger partial charge in [0.1, 0.15) is 10.0 Å². The lowest BCUT2D eigenvalue weighted by Gasteiger charge is -2.18. The first-order chi connectivity index (χ1) is 9.99. The number of amides is 2. The average molecular weight is 310 g/mol. The molecule has 6 nitrogen and oxygen atoms in total. The largest absolute Gasteiger partial charge is 0.349 e. The van der Waals surface area contributed by atoms with E-state index in [0.29, 0.717) is 25.4 Å². The summed E-state index contributed by atoms with van der Waals surface area (Å²) in [4.78, 5) is 25.8. The Bertz CT molecular complexity index is 515. The summed E-state index contributed by atoms with van der Waals surface area (Å²) in [5.41, 5.74) is 0. The molecule has 1 saturated heterocycles. The van der Waals surface area contributed by atoms with Gasteiger partial charge in [-0.2, -0.15) is 0 Å². The van der Waals surface area contributed by atoms with E-state index >= 15 is 0 Å². The van der Waals surface area contributed by atoms with Crippen molar-refractivity contribution in [2.24, 2.45) is 11.8 Å². The third kappa shape index (κ3) is 4.23. The van der Waals surface area contributed by atoms with E-state index in [-0.39, 0.29) is 17.7 Å². The number of carbonyl (C=O) groups is 2. The van der Waals surface area contributed by atoms with Crippen LogP contribution < -0.4 is 5.32 Å². The molecule has 7 heteroatoms. The predicted molar refractivity (Wildman–Crippen MR) is 80.7 cm³/mol. The van der Waals surface area contributed by atoms with Gasteiger partial charge < -0.3 is 10.2 Å². The van der Waals surface area contributed by atoms with Crippen molar-refractivity contribution in [2.75, 3.05) is 13.1 Å². The quantitative estimate of drug-likeness (QED) is 0.857. The Morgan fingerprint density at radius 1 is 1.43 bits per heavy atom. The minimum Gasteiger partial charge on any atom is -0.349 e. The number of carbonyl (C=O) groups excluding carboxylic acids is 2. The fourth-order valence-corrected chi connectivity index (χ4v) is 3.10. The number of rotatable bonds is 6. The Morgan fingerprint density at radius 2 is 2.14 bits per heavy atom. The topological polar surface area (TPSA) is 75.2 Å². The van der Waals surface area contributed by atoms with Gasteiger partial charge >= 0.3 is 0 Å². The zero-order valence-electron chi connectivity index (χ0n) is 12.8. The maximum Gasteiger partial charge on any atom is 0.225 e. The van der Waals surface area contributed by atoms with Crippen LogP contribution in [0.15, 0.2) is 0 Å². The summed E-state index contributed by atoms with van der Waals surface area (Å²) >= 11 is 1.51. The zero-order chi connectivity index (χ0) is 15.4. The molecule has 1 atom stereocenters. The molecule has 0 radical (unpaired) electrons. The van der Waals surface area contributed by atoms with E-state index in [0.717, 1.165) is 23.0 Å². The molecule has 1 aromatic rings. The van der Waals surface area contributed by atoms with Crippen LogP contribution in [0.25, 0.3) is 0 Å². The van der Waals surface area contributed by atoms with E-state index in [1.165, 1.54) is 11.3 Å². The standard InChI is InChI=1S/C14H22N4O2S/c1-4-11-16-17-12(21-11)6-15-14(20)10-5-13(19)18(8-10)7-9(2)3/h9-10H,4-8H2,1-3H3,(H,15,20)/t10-/m0/s1. The number of nitrogens with zero attached hydrogens (tertiary/aromatic N) is 3. The predicted octanol–water partition coefficient (Wildman–Crippen LogP) is 1.22. The molecule has 2 heterocycles. The van der Waals surface area contributed by atoms with Crippen LogP contribution in [0, 0.1) is 11.8 Å². The molecule has 21 heavy (non-hydrogen) atoms. The lowest BCUT2D eigenvalue weighted by Crippen LogP contribution is -2.33. The summed E-state index contributed by atoms with van der Waals surface area (Å²) in [6, 6.07) is 0. The van der Waals surface area contributed by atoms with Crippen LogP contribution in [0.1, 0.15) is 37.2 Å². The van der Waals surface area contributed by atoms with Crippen molar-refractivity contribution in [1.82, 2.24) is 20.4 Å². The highest BCUT2D eigenvalue weighted by Gasteiger charge is 2.34. The maximum atomic E-state index is 12.1. The molecule has 0 aromatic carbocycles. The normalized spacial score (nSPS) is 18.6. The second-order valence-electron chi connectivity index (χ2n) is 5.75. The molecule has 1 aliphatic rings. The van der Waals surface area contributed by atoms with Gasteiger partial charge in [0, 0.05) is 19.5 Å². The van der Waals surface area contributed by atoms with Gasteiger partial charge in [0.25, 0.3) is 0 Å². The zero-order valence-corrected chi connectivity index (χ0v) is 13.6. The molecule has 0 saturated carbocycles. The van der Waals surface area contributed by atoms with Crippen LogP contribution >= 0.6 is 11.3 Å². The molecule has 2 amide bonds. The molecule has 0 aliphatic carbocycles. The van der Waals surface area contributed by atoms with Crippen LogP contribution in [-0.2, 0) is 22.6 Å². The molecule has 2 rings (SSSR count). The third-order valence-corrected chi connectivity index (χ3v) is 4.46. The van der Waals surface area contributed by atoms with Crippen LogP contribution in [0.5, 0.6) is 0 Å². The van der Waals surface area contributed by atoms with E-state index in [9.17, 15) is 9.59 Å². The molecule has 1 N–H and O–H groups in total. The Balaban J connectivity index is 1.82. The van der Waals surface area contributed by atoms with Crippen molar-refractivity contribution < 1.29 is 9.59 Å². The Labute approximate surface area is 128 Å². The van der Waals surface area contributed by atoms with Gasteiger partial charge in [0.2, 0.25) is 11.8 Å². The van der Waals surface area contributed by atoms with Gasteiger partial charge in [0.05, 0.1) is 12.5 Å². The van der Waals surface area contributed by atoms with Crippen molar-refractivity contribution in [3.63, 3.8) is 0 Å².